The summed E-state index contributed by atoms with van der Waals surface area (Å²) in [5.74, 6) is -0.249. The van der Waals surface area contributed by atoms with Crippen LogP contribution in [0.5, 0.6) is 0 Å². The second-order valence-corrected chi connectivity index (χ2v) is 3.65. The van der Waals surface area contributed by atoms with E-state index >= 15 is 0 Å². The summed E-state index contributed by atoms with van der Waals surface area (Å²) in [5, 5.41) is 2.54. The molecule has 0 aromatic heterocycles. The van der Waals surface area contributed by atoms with Gasteiger partial charge in [0.1, 0.15) is 0 Å². The minimum Gasteiger partial charge on any atom is -0.355 e. The largest absolute Gasteiger partial charge is 0.355 e. The number of benzene rings is 1. The van der Waals surface area contributed by atoms with Gasteiger partial charge in [-0.2, -0.15) is 0 Å². The molecule has 1 aliphatic rings. The molecule has 0 unspecified atom stereocenters. The van der Waals surface area contributed by atoms with E-state index in [0.717, 1.165) is 5.56 Å². The first-order valence-corrected chi connectivity index (χ1v) is 4.89. The number of carbonyl (C=O) groups excluding carboxylic acids is 2. The third-order valence-corrected chi connectivity index (χ3v) is 2.76. The Morgan fingerprint density at radius 2 is 2.06 bits per heavy atom. The highest BCUT2D eigenvalue weighted by molar-refractivity contribution is 6.09. The van der Waals surface area contributed by atoms with Crippen LogP contribution in [-0.2, 0) is 0 Å². The molecule has 1 N–H and O–H groups in total. The molecule has 0 fully saturated rings. The fourth-order valence-electron chi connectivity index (χ4n) is 1.74. The Morgan fingerprint density at radius 1 is 1.38 bits per heavy atom. The van der Waals surface area contributed by atoms with E-state index in [4.69, 9.17) is 0 Å². The van der Waals surface area contributed by atoms with Gasteiger partial charge >= 0.3 is 0 Å². The van der Waals surface area contributed by atoms with Crippen LogP contribution in [0.3, 0.4) is 0 Å². The van der Waals surface area contributed by atoms with Crippen molar-refractivity contribution in [2.24, 2.45) is 0 Å². The second kappa shape index (κ2) is 3.48. The summed E-state index contributed by atoms with van der Waals surface area (Å²) in [6.45, 7) is 3.83. The summed E-state index contributed by atoms with van der Waals surface area (Å²) in [6.07, 6.45) is 0. The SMILES string of the molecule is C=C1c2cc(C(=O)NC)ccc2C(=O)N1C. The summed E-state index contributed by atoms with van der Waals surface area (Å²) in [6, 6.07) is 5.00. The molecule has 0 bridgehead atoms. The van der Waals surface area contributed by atoms with Crippen LogP contribution in [0.1, 0.15) is 26.3 Å². The molecule has 16 heavy (non-hydrogen) atoms. The summed E-state index contributed by atoms with van der Waals surface area (Å²) >= 11 is 0. The van der Waals surface area contributed by atoms with Crippen molar-refractivity contribution < 1.29 is 9.59 Å². The maximum absolute atomic E-state index is 11.7. The summed E-state index contributed by atoms with van der Waals surface area (Å²) < 4.78 is 0. The zero-order valence-electron chi connectivity index (χ0n) is 9.20. The van der Waals surface area contributed by atoms with E-state index in [0.29, 0.717) is 16.8 Å². The summed E-state index contributed by atoms with van der Waals surface area (Å²) in [5.41, 5.74) is 2.49. The van der Waals surface area contributed by atoms with Gasteiger partial charge in [0.15, 0.2) is 0 Å². The van der Waals surface area contributed by atoms with Crippen LogP contribution in [0.25, 0.3) is 5.70 Å². The van der Waals surface area contributed by atoms with E-state index in [9.17, 15) is 9.59 Å². The average Bonchev–Trinajstić information content (AvgIpc) is 2.53. The summed E-state index contributed by atoms with van der Waals surface area (Å²) in [4.78, 5) is 24.7. The van der Waals surface area contributed by atoms with Gasteiger partial charge in [0.2, 0.25) is 0 Å². The van der Waals surface area contributed by atoms with E-state index in [-0.39, 0.29) is 11.8 Å². The molecule has 0 radical (unpaired) electrons. The third kappa shape index (κ3) is 1.31. The zero-order chi connectivity index (χ0) is 11.9. The second-order valence-electron chi connectivity index (χ2n) is 3.65. The van der Waals surface area contributed by atoms with Crippen molar-refractivity contribution in [1.29, 1.82) is 0 Å². The van der Waals surface area contributed by atoms with E-state index in [1.165, 1.54) is 4.90 Å². The first-order chi connectivity index (χ1) is 7.56. The Hall–Kier alpha value is -2.10. The molecule has 0 atom stereocenters. The van der Waals surface area contributed by atoms with Gasteiger partial charge in [-0.15, -0.1) is 0 Å². The van der Waals surface area contributed by atoms with E-state index < -0.39 is 0 Å². The number of hydrogen-bond donors (Lipinski definition) is 1. The molecule has 1 aromatic rings. The average molecular weight is 216 g/mol. The van der Waals surface area contributed by atoms with E-state index in [1.807, 2.05) is 0 Å². The molecule has 1 aromatic carbocycles. The molecular weight excluding hydrogens is 204 g/mol. The van der Waals surface area contributed by atoms with Crippen LogP contribution in [0.4, 0.5) is 0 Å². The fourth-order valence-corrected chi connectivity index (χ4v) is 1.74. The lowest BCUT2D eigenvalue weighted by Gasteiger charge is -2.08. The Labute approximate surface area is 93.6 Å². The lowest BCUT2D eigenvalue weighted by atomic mass is 10.0. The van der Waals surface area contributed by atoms with Gasteiger partial charge in [-0.25, -0.2) is 0 Å². The zero-order valence-corrected chi connectivity index (χ0v) is 9.20. The molecule has 1 aliphatic heterocycles. The van der Waals surface area contributed by atoms with Crippen LogP contribution >= 0.6 is 0 Å². The number of fused-ring (bicyclic) bond motifs is 1. The third-order valence-electron chi connectivity index (χ3n) is 2.76. The normalized spacial score (nSPS) is 14.0. The van der Waals surface area contributed by atoms with Crippen molar-refractivity contribution in [3.05, 3.63) is 41.5 Å². The molecule has 82 valence electrons. The van der Waals surface area contributed by atoms with Gasteiger partial charge < -0.3 is 10.2 Å². The standard InChI is InChI=1S/C12H12N2O2/c1-7-10-6-8(11(15)13-2)4-5-9(10)12(16)14(7)3/h4-6H,1H2,2-3H3,(H,13,15). The predicted molar refractivity (Wildman–Crippen MR) is 61.0 cm³/mol. The Kier molecular flexibility index (Phi) is 2.27. The van der Waals surface area contributed by atoms with Crippen LogP contribution in [0.15, 0.2) is 24.8 Å². The highest BCUT2D eigenvalue weighted by Gasteiger charge is 2.28. The quantitative estimate of drug-likeness (QED) is 0.764. The lowest BCUT2D eigenvalue weighted by Crippen LogP contribution is -2.17. The maximum Gasteiger partial charge on any atom is 0.258 e. The van der Waals surface area contributed by atoms with Gasteiger partial charge in [-0.1, -0.05) is 6.58 Å². The topological polar surface area (TPSA) is 49.4 Å². The Bertz CT molecular complexity index is 506. The molecule has 0 spiro atoms. The molecule has 4 nitrogen and oxygen atoms in total. The number of carbonyl (C=O) groups is 2. The number of rotatable bonds is 1. The highest BCUT2D eigenvalue weighted by atomic mass is 16.2. The number of nitrogens with zero attached hydrogens (tertiary/aromatic N) is 1. The lowest BCUT2D eigenvalue weighted by molar-refractivity contribution is 0.0873. The van der Waals surface area contributed by atoms with Crippen molar-refractivity contribution >= 4 is 17.5 Å². The molecule has 0 saturated carbocycles. The van der Waals surface area contributed by atoms with E-state index in [1.54, 1.807) is 32.3 Å². The Balaban J connectivity index is 2.53. The monoisotopic (exact) mass is 216 g/mol. The minimum absolute atomic E-state index is 0.0801. The van der Waals surface area contributed by atoms with Crippen molar-refractivity contribution in [3.63, 3.8) is 0 Å². The van der Waals surface area contributed by atoms with Crippen molar-refractivity contribution in [1.82, 2.24) is 10.2 Å². The van der Waals surface area contributed by atoms with Gasteiger partial charge in [-0.3, -0.25) is 9.59 Å². The smallest absolute Gasteiger partial charge is 0.258 e. The maximum atomic E-state index is 11.7. The van der Waals surface area contributed by atoms with Crippen LogP contribution in [0.2, 0.25) is 0 Å². The number of hydrogen-bond acceptors (Lipinski definition) is 2. The number of nitrogens with one attached hydrogen (secondary N) is 1. The molecule has 1 heterocycles. The van der Waals surface area contributed by atoms with Crippen LogP contribution < -0.4 is 5.32 Å². The molecule has 0 saturated heterocycles. The molecular formula is C12H12N2O2. The molecule has 4 heteroatoms. The molecule has 0 aliphatic carbocycles. The molecule has 2 amide bonds. The van der Waals surface area contributed by atoms with E-state index in [2.05, 4.69) is 11.9 Å². The van der Waals surface area contributed by atoms with Gasteiger partial charge in [0.25, 0.3) is 11.8 Å². The van der Waals surface area contributed by atoms with Crippen molar-refractivity contribution in [3.8, 4) is 0 Å². The number of amides is 2. The van der Waals surface area contributed by atoms with Gasteiger partial charge in [0, 0.05) is 36.5 Å². The van der Waals surface area contributed by atoms with Gasteiger partial charge in [-0.05, 0) is 18.2 Å². The predicted octanol–water partition coefficient (Wildman–Crippen LogP) is 1.10. The van der Waals surface area contributed by atoms with Gasteiger partial charge in [0.05, 0.1) is 0 Å². The minimum atomic E-state index is -0.169. The highest BCUT2D eigenvalue weighted by Crippen LogP contribution is 2.30. The Morgan fingerprint density at radius 3 is 2.69 bits per heavy atom. The fraction of sp³-hybridized carbons (Fsp3) is 0.167. The summed E-state index contributed by atoms with van der Waals surface area (Å²) in [7, 11) is 3.24. The van der Waals surface area contributed by atoms with Crippen LogP contribution in [0, 0.1) is 0 Å². The first kappa shape index (κ1) is 10.4. The first-order valence-electron chi connectivity index (χ1n) is 4.89. The van der Waals surface area contributed by atoms with Crippen LogP contribution in [-0.4, -0.2) is 30.8 Å². The van der Waals surface area contributed by atoms with Crippen molar-refractivity contribution in [2.45, 2.75) is 0 Å². The molecule has 2 rings (SSSR count). The van der Waals surface area contributed by atoms with Crippen molar-refractivity contribution in [2.75, 3.05) is 14.1 Å².